The fraction of sp³-hybridized carbons (Fsp3) is 0.190. The number of ether oxygens (including phenoxy) is 3. The van der Waals surface area contributed by atoms with E-state index in [-0.39, 0.29) is 5.97 Å². The van der Waals surface area contributed by atoms with Crippen LogP contribution < -0.4 is 9.47 Å². The molecule has 1 aromatic carbocycles. The highest BCUT2D eigenvalue weighted by Gasteiger charge is 2.20. The Hall–Kier alpha value is -3.39. The van der Waals surface area contributed by atoms with E-state index in [9.17, 15) is 4.79 Å². The Balaban J connectivity index is 1.81. The molecule has 0 radical (unpaired) electrons. The van der Waals surface area contributed by atoms with Gasteiger partial charge in [-0.05, 0) is 29.8 Å². The van der Waals surface area contributed by atoms with Gasteiger partial charge in [0.05, 0.1) is 38.8 Å². The van der Waals surface area contributed by atoms with Crippen LogP contribution in [0.15, 0.2) is 48.0 Å². The molecular weight excluding hydrogens is 390 g/mol. The predicted octanol–water partition coefficient (Wildman–Crippen LogP) is 4.01. The summed E-state index contributed by atoms with van der Waals surface area (Å²) in [7, 11) is 4.60. The molecule has 3 aromatic heterocycles. The van der Waals surface area contributed by atoms with Gasteiger partial charge in [-0.1, -0.05) is 12.1 Å². The maximum atomic E-state index is 11.9. The van der Waals surface area contributed by atoms with Crippen LogP contribution in [0, 0.1) is 0 Å². The molecule has 0 aliphatic carbocycles. The summed E-state index contributed by atoms with van der Waals surface area (Å²) in [6.07, 6.45) is 1.70. The summed E-state index contributed by atoms with van der Waals surface area (Å²) < 4.78 is 17.4. The summed E-state index contributed by atoms with van der Waals surface area (Å²) in [5.74, 6) is 0.928. The number of hydrogen-bond donors (Lipinski definition) is 0. The zero-order chi connectivity index (χ0) is 20.4. The van der Waals surface area contributed by atoms with Crippen molar-refractivity contribution < 1.29 is 19.0 Å². The van der Waals surface area contributed by atoms with Crippen molar-refractivity contribution in [3.8, 4) is 22.9 Å². The van der Waals surface area contributed by atoms with Crippen molar-refractivity contribution in [1.29, 1.82) is 0 Å². The topological polar surface area (TPSA) is 75.5 Å². The zero-order valence-corrected chi connectivity index (χ0v) is 17.0. The number of carbonyl (C=O) groups is 1. The van der Waals surface area contributed by atoms with E-state index < -0.39 is 0 Å². The minimum Gasteiger partial charge on any atom is -0.497 e. The maximum Gasteiger partial charge on any atom is 0.348 e. The van der Waals surface area contributed by atoms with Crippen LogP contribution >= 0.6 is 11.3 Å². The van der Waals surface area contributed by atoms with Gasteiger partial charge in [0.2, 0.25) is 5.88 Å². The second kappa shape index (κ2) is 7.92. The van der Waals surface area contributed by atoms with Gasteiger partial charge >= 0.3 is 5.97 Å². The smallest absolute Gasteiger partial charge is 0.348 e. The summed E-state index contributed by atoms with van der Waals surface area (Å²) >= 11 is 1.32. The fourth-order valence-corrected chi connectivity index (χ4v) is 3.95. The van der Waals surface area contributed by atoms with Gasteiger partial charge in [-0.25, -0.2) is 9.78 Å². The lowest BCUT2D eigenvalue weighted by molar-refractivity contribution is 0.0606. The molecule has 0 aliphatic rings. The Morgan fingerprint density at radius 2 is 1.90 bits per heavy atom. The summed E-state index contributed by atoms with van der Waals surface area (Å²) in [4.78, 5) is 16.7. The molecule has 0 N–H and O–H groups in total. The third-order valence-corrected chi connectivity index (χ3v) is 5.48. The van der Waals surface area contributed by atoms with Crippen molar-refractivity contribution in [3.63, 3.8) is 0 Å². The van der Waals surface area contributed by atoms with Crippen molar-refractivity contribution in [1.82, 2.24) is 14.8 Å². The van der Waals surface area contributed by atoms with E-state index >= 15 is 0 Å². The minimum absolute atomic E-state index is 0.367. The number of rotatable bonds is 6. The summed E-state index contributed by atoms with van der Waals surface area (Å²) in [6, 6.07) is 11.5. The number of benzene rings is 1. The van der Waals surface area contributed by atoms with Gasteiger partial charge < -0.3 is 14.2 Å². The Morgan fingerprint density at radius 1 is 1.10 bits per heavy atom. The molecule has 3 heterocycles. The molecule has 0 spiro atoms. The number of carbonyl (C=O) groups excluding carboxylic acids is 1. The van der Waals surface area contributed by atoms with Crippen LogP contribution in [0.4, 0.5) is 0 Å². The second-order valence-electron chi connectivity index (χ2n) is 6.26. The normalized spacial score (nSPS) is 10.9. The van der Waals surface area contributed by atoms with E-state index in [0.29, 0.717) is 23.0 Å². The van der Waals surface area contributed by atoms with E-state index in [2.05, 4.69) is 4.98 Å². The van der Waals surface area contributed by atoms with E-state index in [1.165, 1.54) is 18.4 Å². The monoisotopic (exact) mass is 409 g/mol. The SMILES string of the molecule is COC(=O)c1cc(-c2nn(Cc3ccc(OC)cc3)c3ccnc(OC)c23)cs1. The van der Waals surface area contributed by atoms with Crippen molar-refractivity contribution in [3.05, 3.63) is 58.4 Å². The molecular formula is C21H19N3O4S. The molecule has 8 heteroatoms. The maximum absolute atomic E-state index is 11.9. The number of thiophene rings is 1. The highest BCUT2D eigenvalue weighted by atomic mass is 32.1. The van der Waals surface area contributed by atoms with E-state index in [1.807, 2.05) is 40.4 Å². The van der Waals surface area contributed by atoms with Crippen LogP contribution in [-0.4, -0.2) is 42.1 Å². The van der Waals surface area contributed by atoms with Crippen LogP contribution in [0.1, 0.15) is 15.2 Å². The van der Waals surface area contributed by atoms with Crippen molar-refractivity contribution in [2.45, 2.75) is 6.54 Å². The van der Waals surface area contributed by atoms with Crippen LogP contribution in [-0.2, 0) is 11.3 Å². The molecule has 148 valence electrons. The van der Waals surface area contributed by atoms with Gasteiger partial charge in [0.1, 0.15) is 16.3 Å². The van der Waals surface area contributed by atoms with Gasteiger partial charge in [-0.15, -0.1) is 11.3 Å². The molecule has 0 amide bonds. The lowest BCUT2D eigenvalue weighted by Crippen LogP contribution is -2.02. The molecule has 29 heavy (non-hydrogen) atoms. The first-order chi connectivity index (χ1) is 14.1. The number of aromatic nitrogens is 3. The van der Waals surface area contributed by atoms with Gasteiger partial charge in [0.15, 0.2) is 0 Å². The van der Waals surface area contributed by atoms with Gasteiger partial charge in [0.25, 0.3) is 0 Å². The Morgan fingerprint density at radius 3 is 2.59 bits per heavy atom. The molecule has 4 aromatic rings. The first kappa shape index (κ1) is 18.9. The van der Waals surface area contributed by atoms with Crippen LogP contribution in [0.25, 0.3) is 22.2 Å². The average molecular weight is 409 g/mol. The van der Waals surface area contributed by atoms with Crippen LogP contribution in [0.2, 0.25) is 0 Å². The Labute approximate surface area is 171 Å². The lowest BCUT2D eigenvalue weighted by Gasteiger charge is -2.06. The summed E-state index contributed by atoms with van der Waals surface area (Å²) in [5, 5.41) is 7.52. The van der Waals surface area contributed by atoms with Crippen LogP contribution in [0.3, 0.4) is 0 Å². The third-order valence-electron chi connectivity index (χ3n) is 4.57. The standard InChI is InChI=1S/C21H19N3O4S/c1-26-15-6-4-13(5-7-15)11-24-16-8-9-22-20(27-2)18(16)19(23-24)14-10-17(29-12-14)21(25)28-3/h4-10,12H,11H2,1-3H3. The third kappa shape index (κ3) is 3.54. The highest BCUT2D eigenvalue weighted by Crippen LogP contribution is 2.36. The number of pyridine rings is 1. The largest absolute Gasteiger partial charge is 0.497 e. The van der Waals surface area contributed by atoms with Crippen molar-refractivity contribution in [2.24, 2.45) is 0 Å². The molecule has 0 atom stereocenters. The zero-order valence-electron chi connectivity index (χ0n) is 16.2. The average Bonchev–Trinajstić information content (AvgIpc) is 3.39. The molecule has 0 saturated carbocycles. The van der Waals surface area contributed by atoms with Crippen molar-refractivity contribution >= 4 is 28.2 Å². The number of nitrogens with zero attached hydrogens (tertiary/aromatic N) is 3. The van der Waals surface area contributed by atoms with Crippen LogP contribution in [0.5, 0.6) is 11.6 Å². The first-order valence-electron chi connectivity index (χ1n) is 8.84. The molecule has 4 rings (SSSR count). The van der Waals surface area contributed by atoms with Gasteiger partial charge in [-0.2, -0.15) is 5.10 Å². The van der Waals surface area contributed by atoms with Gasteiger partial charge in [0, 0.05) is 17.1 Å². The quantitative estimate of drug-likeness (QED) is 0.448. The number of methoxy groups -OCH3 is 3. The molecule has 0 aliphatic heterocycles. The lowest BCUT2D eigenvalue weighted by atomic mass is 10.1. The first-order valence-corrected chi connectivity index (χ1v) is 9.72. The predicted molar refractivity (Wildman–Crippen MR) is 111 cm³/mol. The molecule has 0 unspecified atom stereocenters. The fourth-order valence-electron chi connectivity index (χ4n) is 3.14. The Kier molecular flexibility index (Phi) is 5.18. The molecule has 0 saturated heterocycles. The molecule has 7 nitrogen and oxygen atoms in total. The number of hydrogen-bond acceptors (Lipinski definition) is 7. The highest BCUT2D eigenvalue weighted by molar-refractivity contribution is 7.12. The molecule has 0 bridgehead atoms. The Bertz CT molecular complexity index is 1160. The minimum atomic E-state index is -0.367. The van der Waals surface area contributed by atoms with E-state index in [0.717, 1.165) is 27.8 Å². The number of fused-ring (bicyclic) bond motifs is 1. The van der Waals surface area contributed by atoms with E-state index in [4.69, 9.17) is 19.3 Å². The van der Waals surface area contributed by atoms with Gasteiger partial charge in [-0.3, -0.25) is 4.68 Å². The van der Waals surface area contributed by atoms with E-state index in [1.54, 1.807) is 26.5 Å². The van der Waals surface area contributed by atoms with Crippen molar-refractivity contribution in [2.75, 3.05) is 21.3 Å². The molecule has 0 fully saturated rings. The number of esters is 1. The second-order valence-corrected chi connectivity index (χ2v) is 7.17. The summed E-state index contributed by atoms with van der Waals surface area (Å²) in [5.41, 5.74) is 3.51. The summed E-state index contributed by atoms with van der Waals surface area (Å²) in [6.45, 7) is 0.571.